The maximum Gasteiger partial charge on any atom is 0.324 e. The van der Waals surface area contributed by atoms with Crippen LogP contribution in [-0.4, -0.2) is 25.0 Å². The van der Waals surface area contributed by atoms with E-state index in [2.05, 4.69) is 4.72 Å². The molecule has 0 heterocycles. The predicted octanol–water partition coefficient (Wildman–Crippen LogP) is 1.74. The Balaban J connectivity index is 2.43. The summed E-state index contributed by atoms with van der Waals surface area (Å²) in [6.45, 7) is 1.34. The second kappa shape index (κ2) is 5.30. The molecule has 0 radical (unpaired) electrons. The Kier molecular flexibility index (Phi) is 3.97. The van der Waals surface area contributed by atoms with Crippen LogP contribution >= 0.6 is 11.6 Å². The maximum absolute atomic E-state index is 12.4. The van der Waals surface area contributed by atoms with Crippen molar-refractivity contribution in [3.63, 3.8) is 0 Å². The van der Waals surface area contributed by atoms with Crippen LogP contribution in [0.2, 0.25) is 5.02 Å². The molecular weight excluding hydrogens is 316 g/mol. The Hall–Kier alpha value is -1.62. The summed E-state index contributed by atoms with van der Waals surface area (Å²) in [6, 6.07) is 5.63. The number of hydrogen-bond donors (Lipinski definition) is 2. The number of nitrogens with zero attached hydrogens (tertiary/aromatic N) is 1. The summed E-state index contributed by atoms with van der Waals surface area (Å²) in [5.41, 5.74) is -1.45. The van der Waals surface area contributed by atoms with E-state index >= 15 is 0 Å². The molecule has 0 bridgehead atoms. The summed E-state index contributed by atoms with van der Waals surface area (Å²) >= 11 is 5.87. The standard InChI is InChI=1S/C13H13ClN2O4S/c1-13(12(17)18,9-3-4-9)16-21(19,20)11-6-8(7-15)2-5-10(11)14/h2,5-6,9,16H,3-4H2,1H3,(H,17,18). The van der Waals surface area contributed by atoms with Crippen molar-refractivity contribution in [2.24, 2.45) is 5.92 Å². The minimum atomic E-state index is -4.15. The lowest BCUT2D eigenvalue weighted by molar-refractivity contribution is -0.144. The smallest absolute Gasteiger partial charge is 0.324 e. The van der Waals surface area contributed by atoms with Crippen LogP contribution in [0.5, 0.6) is 0 Å². The van der Waals surface area contributed by atoms with E-state index < -0.39 is 21.5 Å². The Morgan fingerprint density at radius 1 is 1.52 bits per heavy atom. The first-order valence-electron chi connectivity index (χ1n) is 6.18. The van der Waals surface area contributed by atoms with Crippen molar-refractivity contribution >= 4 is 27.6 Å². The minimum absolute atomic E-state index is 0.0648. The molecule has 0 amide bonds. The van der Waals surface area contributed by atoms with Gasteiger partial charge in [-0.05, 0) is 43.9 Å². The van der Waals surface area contributed by atoms with E-state index in [-0.39, 0.29) is 21.4 Å². The average molecular weight is 329 g/mol. The van der Waals surface area contributed by atoms with Gasteiger partial charge in [0.1, 0.15) is 10.4 Å². The number of carbonyl (C=O) groups is 1. The first-order chi connectivity index (χ1) is 9.70. The van der Waals surface area contributed by atoms with Gasteiger partial charge in [0, 0.05) is 0 Å². The highest BCUT2D eigenvalue weighted by Gasteiger charge is 2.50. The molecule has 0 aliphatic heterocycles. The van der Waals surface area contributed by atoms with Gasteiger partial charge in [0.2, 0.25) is 10.0 Å². The van der Waals surface area contributed by atoms with Crippen LogP contribution in [-0.2, 0) is 14.8 Å². The summed E-state index contributed by atoms with van der Waals surface area (Å²) in [5, 5.41) is 18.1. The van der Waals surface area contributed by atoms with Crippen LogP contribution < -0.4 is 4.72 Å². The number of carboxylic acid groups (broad SMARTS) is 1. The molecule has 21 heavy (non-hydrogen) atoms. The average Bonchev–Trinajstić information content (AvgIpc) is 3.22. The van der Waals surface area contributed by atoms with E-state index in [1.807, 2.05) is 6.07 Å². The van der Waals surface area contributed by atoms with E-state index in [9.17, 15) is 18.3 Å². The van der Waals surface area contributed by atoms with Crippen LogP contribution in [0.4, 0.5) is 0 Å². The molecule has 8 heteroatoms. The number of rotatable bonds is 5. The topological polar surface area (TPSA) is 107 Å². The van der Waals surface area contributed by atoms with Gasteiger partial charge in [-0.25, -0.2) is 8.42 Å². The molecule has 1 aliphatic rings. The van der Waals surface area contributed by atoms with Gasteiger partial charge >= 0.3 is 5.97 Å². The maximum atomic E-state index is 12.4. The first-order valence-corrected chi connectivity index (χ1v) is 8.04. The highest BCUT2D eigenvalue weighted by molar-refractivity contribution is 7.89. The Morgan fingerprint density at radius 3 is 2.62 bits per heavy atom. The zero-order valence-electron chi connectivity index (χ0n) is 11.1. The second-order valence-electron chi connectivity index (χ2n) is 5.14. The second-order valence-corrected chi connectivity index (χ2v) is 7.20. The SMILES string of the molecule is CC(NS(=O)(=O)c1cc(C#N)ccc1Cl)(C(=O)O)C1CC1. The van der Waals surface area contributed by atoms with Gasteiger partial charge in [-0.15, -0.1) is 0 Å². The molecular formula is C13H13ClN2O4S. The van der Waals surface area contributed by atoms with Gasteiger partial charge in [-0.3, -0.25) is 4.79 Å². The van der Waals surface area contributed by atoms with E-state index in [0.29, 0.717) is 12.8 Å². The summed E-state index contributed by atoms with van der Waals surface area (Å²) in [7, 11) is -4.15. The minimum Gasteiger partial charge on any atom is -0.480 e. The molecule has 1 fully saturated rings. The molecule has 0 aromatic heterocycles. The lowest BCUT2D eigenvalue weighted by Gasteiger charge is -2.26. The summed E-state index contributed by atoms with van der Waals surface area (Å²) in [4.78, 5) is 11.1. The van der Waals surface area contributed by atoms with Crippen molar-refractivity contribution in [3.8, 4) is 6.07 Å². The molecule has 1 unspecified atom stereocenters. The highest BCUT2D eigenvalue weighted by Crippen LogP contribution is 2.40. The molecule has 1 saturated carbocycles. The summed E-state index contributed by atoms with van der Waals surface area (Å²) in [5.74, 6) is -1.48. The number of sulfonamides is 1. The molecule has 1 aromatic carbocycles. The third-order valence-corrected chi connectivity index (χ3v) is 5.59. The highest BCUT2D eigenvalue weighted by atomic mass is 35.5. The normalized spacial score (nSPS) is 17.8. The van der Waals surface area contributed by atoms with Crippen molar-refractivity contribution in [1.82, 2.24) is 4.72 Å². The van der Waals surface area contributed by atoms with E-state index in [1.54, 1.807) is 0 Å². The largest absolute Gasteiger partial charge is 0.480 e. The van der Waals surface area contributed by atoms with Gasteiger partial charge in [0.25, 0.3) is 0 Å². The van der Waals surface area contributed by atoms with Crippen molar-refractivity contribution in [3.05, 3.63) is 28.8 Å². The molecule has 2 N–H and O–H groups in total. The number of aliphatic carboxylic acids is 1. The molecule has 2 rings (SSSR count). The van der Waals surface area contributed by atoms with E-state index in [1.165, 1.54) is 19.1 Å². The number of nitrogens with one attached hydrogen (secondary N) is 1. The molecule has 1 aromatic rings. The zero-order valence-corrected chi connectivity index (χ0v) is 12.7. The molecule has 1 atom stereocenters. The fraction of sp³-hybridized carbons (Fsp3) is 0.385. The molecule has 112 valence electrons. The van der Waals surface area contributed by atoms with E-state index in [4.69, 9.17) is 16.9 Å². The molecule has 0 saturated heterocycles. The van der Waals surface area contributed by atoms with E-state index in [0.717, 1.165) is 6.07 Å². The Labute approximate surface area is 127 Å². The number of nitriles is 1. The molecule has 6 nitrogen and oxygen atoms in total. The number of benzene rings is 1. The van der Waals surface area contributed by atoms with Crippen LogP contribution in [0.1, 0.15) is 25.3 Å². The summed E-state index contributed by atoms with van der Waals surface area (Å²) < 4.78 is 27.0. The zero-order chi connectivity index (χ0) is 15.8. The van der Waals surface area contributed by atoms with Crippen molar-refractivity contribution < 1.29 is 18.3 Å². The lowest BCUT2D eigenvalue weighted by Crippen LogP contribution is -2.53. The van der Waals surface area contributed by atoms with Gasteiger partial charge in [0.05, 0.1) is 16.7 Å². The van der Waals surface area contributed by atoms with Crippen LogP contribution in [0.3, 0.4) is 0 Å². The van der Waals surface area contributed by atoms with Crippen molar-refractivity contribution in [2.45, 2.75) is 30.2 Å². The van der Waals surface area contributed by atoms with Crippen molar-refractivity contribution in [2.75, 3.05) is 0 Å². The third kappa shape index (κ3) is 3.02. The number of halogens is 1. The lowest BCUT2D eigenvalue weighted by atomic mass is 9.98. The molecule has 0 spiro atoms. The Bertz CT molecular complexity index is 737. The Morgan fingerprint density at radius 2 is 2.14 bits per heavy atom. The van der Waals surface area contributed by atoms with Crippen molar-refractivity contribution in [1.29, 1.82) is 5.26 Å². The van der Waals surface area contributed by atoms with Crippen LogP contribution in [0, 0.1) is 17.2 Å². The first kappa shape index (κ1) is 15.8. The van der Waals surface area contributed by atoms with Gasteiger partial charge < -0.3 is 5.11 Å². The van der Waals surface area contributed by atoms with Crippen LogP contribution in [0.15, 0.2) is 23.1 Å². The third-order valence-electron chi connectivity index (χ3n) is 3.53. The number of hydrogen-bond acceptors (Lipinski definition) is 4. The fourth-order valence-electron chi connectivity index (χ4n) is 2.08. The number of carboxylic acids is 1. The predicted molar refractivity (Wildman–Crippen MR) is 75.3 cm³/mol. The van der Waals surface area contributed by atoms with Crippen LogP contribution in [0.25, 0.3) is 0 Å². The quantitative estimate of drug-likeness (QED) is 0.856. The fourth-order valence-corrected chi connectivity index (χ4v) is 4.03. The molecule has 1 aliphatic carbocycles. The monoisotopic (exact) mass is 328 g/mol. The van der Waals surface area contributed by atoms with Gasteiger partial charge in [-0.2, -0.15) is 9.98 Å². The van der Waals surface area contributed by atoms with Gasteiger partial charge in [-0.1, -0.05) is 11.6 Å². The summed E-state index contributed by atoms with van der Waals surface area (Å²) in [6.07, 6.45) is 1.30. The van der Waals surface area contributed by atoms with Gasteiger partial charge in [0.15, 0.2) is 0 Å².